The predicted octanol–water partition coefficient (Wildman–Crippen LogP) is 2.96. The molecule has 0 radical (unpaired) electrons. The van der Waals surface area contributed by atoms with Gasteiger partial charge in [0.1, 0.15) is 6.29 Å². The third-order valence-corrected chi connectivity index (χ3v) is 3.01. The molecule has 1 atom stereocenters. The van der Waals surface area contributed by atoms with Gasteiger partial charge >= 0.3 is 0 Å². The monoisotopic (exact) mass is 166 g/mol. The van der Waals surface area contributed by atoms with Crippen LogP contribution in [-0.2, 0) is 4.79 Å². The summed E-state index contributed by atoms with van der Waals surface area (Å²) >= 11 is 0. The van der Waals surface area contributed by atoms with E-state index in [4.69, 9.17) is 0 Å². The van der Waals surface area contributed by atoms with Crippen molar-refractivity contribution in [1.29, 1.82) is 0 Å². The molecule has 1 aliphatic carbocycles. The summed E-state index contributed by atoms with van der Waals surface area (Å²) in [5, 5.41) is 0. The summed E-state index contributed by atoms with van der Waals surface area (Å²) in [6, 6.07) is 0. The van der Waals surface area contributed by atoms with Crippen molar-refractivity contribution in [1.82, 2.24) is 0 Å². The van der Waals surface area contributed by atoms with Crippen LogP contribution in [0.15, 0.2) is 11.1 Å². The van der Waals surface area contributed by atoms with Crippen molar-refractivity contribution in [3.8, 4) is 0 Å². The lowest BCUT2D eigenvalue weighted by Crippen LogP contribution is -2.15. The molecule has 0 aliphatic heterocycles. The van der Waals surface area contributed by atoms with Gasteiger partial charge in [-0.15, -0.1) is 0 Å². The minimum absolute atomic E-state index is 0.716. The topological polar surface area (TPSA) is 17.1 Å². The van der Waals surface area contributed by atoms with Crippen molar-refractivity contribution in [3.63, 3.8) is 0 Å². The molecule has 0 N–H and O–H groups in total. The van der Waals surface area contributed by atoms with Gasteiger partial charge in [-0.05, 0) is 43.6 Å². The van der Waals surface area contributed by atoms with Crippen molar-refractivity contribution in [3.05, 3.63) is 11.1 Å². The molecule has 0 heterocycles. The van der Waals surface area contributed by atoms with E-state index in [-0.39, 0.29) is 0 Å². The summed E-state index contributed by atoms with van der Waals surface area (Å²) in [5.74, 6) is 1.45. The molecule has 1 nitrogen and oxygen atoms in total. The summed E-state index contributed by atoms with van der Waals surface area (Å²) in [4.78, 5) is 10.7. The Balaban J connectivity index is 2.67. The molecule has 1 heteroatoms. The lowest BCUT2D eigenvalue weighted by atomic mass is 9.79. The van der Waals surface area contributed by atoms with E-state index < -0.39 is 0 Å². The summed E-state index contributed by atoms with van der Waals surface area (Å²) in [6.45, 7) is 6.57. The van der Waals surface area contributed by atoms with Crippen molar-refractivity contribution in [2.24, 2.45) is 11.8 Å². The van der Waals surface area contributed by atoms with Crippen molar-refractivity contribution in [2.75, 3.05) is 0 Å². The number of hydrogen-bond donors (Lipinski definition) is 0. The highest BCUT2D eigenvalue weighted by Gasteiger charge is 2.20. The second-order valence-electron chi connectivity index (χ2n) is 4.17. The van der Waals surface area contributed by atoms with Gasteiger partial charge in [0.15, 0.2) is 0 Å². The number of allylic oxidation sites excluding steroid dienone is 2. The number of hydrogen-bond acceptors (Lipinski definition) is 1. The third-order valence-electron chi connectivity index (χ3n) is 3.01. The van der Waals surface area contributed by atoms with Gasteiger partial charge in [0, 0.05) is 0 Å². The van der Waals surface area contributed by atoms with Crippen LogP contribution in [0.5, 0.6) is 0 Å². The number of aldehydes is 1. The zero-order valence-electron chi connectivity index (χ0n) is 8.26. The SMILES string of the molecule is CC1=C(C=O)C[C@H](C(C)C)CC1. The highest BCUT2D eigenvalue weighted by atomic mass is 16.1. The van der Waals surface area contributed by atoms with Gasteiger partial charge in [0.2, 0.25) is 0 Å². The van der Waals surface area contributed by atoms with E-state index in [9.17, 15) is 4.79 Å². The Morgan fingerprint density at radius 3 is 2.67 bits per heavy atom. The molecule has 0 bridgehead atoms. The standard InChI is InChI=1S/C11H18O/c1-8(2)10-5-4-9(3)11(6-10)7-12/h7-8,10H,4-6H2,1-3H3/t10-/m1/s1. The number of carbonyl (C=O) groups is 1. The maximum absolute atomic E-state index is 10.7. The van der Waals surface area contributed by atoms with Crippen molar-refractivity contribution in [2.45, 2.75) is 40.0 Å². The molecule has 0 amide bonds. The fourth-order valence-electron chi connectivity index (χ4n) is 1.84. The maximum atomic E-state index is 10.7. The molecular formula is C11H18O. The Labute approximate surface area is 74.9 Å². The fraction of sp³-hybridized carbons (Fsp3) is 0.727. The van der Waals surface area contributed by atoms with Crippen LogP contribution in [0.3, 0.4) is 0 Å². The van der Waals surface area contributed by atoms with Gasteiger partial charge in [0.25, 0.3) is 0 Å². The second kappa shape index (κ2) is 3.88. The minimum Gasteiger partial charge on any atom is -0.298 e. The van der Waals surface area contributed by atoms with Gasteiger partial charge < -0.3 is 0 Å². The van der Waals surface area contributed by atoms with Crippen LogP contribution in [0.4, 0.5) is 0 Å². The lowest BCUT2D eigenvalue weighted by molar-refractivity contribution is -0.105. The van der Waals surface area contributed by atoms with Crippen LogP contribution in [0.1, 0.15) is 40.0 Å². The van der Waals surface area contributed by atoms with E-state index in [0.717, 1.165) is 30.6 Å². The second-order valence-corrected chi connectivity index (χ2v) is 4.17. The first-order chi connectivity index (χ1) is 5.65. The lowest BCUT2D eigenvalue weighted by Gasteiger charge is -2.26. The average molecular weight is 166 g/mol. The highest BCUT2D eigenvalue weighted by Crippen LogP contribution is 2.32. The van der Waals surface area contributed by atoms with E-state index in [1.165, 1.54) is 12.0 Å². The predicted molar refractivity (Wildman–Crippen MR) is 50.9 cm³/mol. The Morgan fingerprint density at radius 1 is 1.50 bits per heavy atom. The first kappa shape index (κ1) is 9.50. The van der Waals surface area contributed by atoms with E-state index in [1.54, 1.807) is 0 Å². The van der Waals surface area contributed by atoms with Crippen LogP contribution in [0.2, 0.25) is 0 Å². The number of carbonyl (C=O) groups excluding carboxylic acids is 1. The van der Waals surface area contributed by atoms with Gasteiger partial charge in [-0.25, -0.2) is 0 Å². The average Bonchev–Trinajstić information content (AvgIpc) is 2.05. The first-order valence-electron chi connectivity index (χ1n) is 4.79. The van der Waals surface area contributed by atoms with E-state index in [1.807, 2.05) is 0 Å². The molecule has 0 aromatic rings. The zero-order chi connectivity index (χ0) is 9.14. The van der Waals surface area contributed by atoms with E-state index in [2.05, 4.69) is 20.8 Å². The van der Waals surface area contributed by atoms with Crippen LogP contribution in [-0.4, -0.2) is 6.29 Å². The van der Waals surface area contributed by atoms with Crippen molar-refractivity contribution >= 4 is 6.29 Å². The molecule has 0 saturated carbocycles. The van der Waals surface area contributed by atoms with Crippen LogP contribution in [0, 0.1) is 11.8 Å². The van der Waals surface area contributed by atoms with Crippen LogP contribution in [0.25, 0.3) is 0 Å². The molecule has 68 valence electrons. The third kappa shape index (κ3) is 1.96. The molecule has 0 fully saturated rings. The first-order valence-corrected chi connectivity index (χ1v) is 4.79. The van der Waals surface area contributed by atoms with Crippen LogP contribution >= 0.6 is 0 Å². The van der Waals surface area contributed by atoms with Gasteiger partial charge in [0.05, 0.1) is 0 Å². The molecule has 0 spiro atoms. The minimum atomic E-state index is 0.716. The van der Waals surface area contributed by atoms with Crippen molar-refractivity contribution < 1.29 is 4.79 Å². The normalized spacial score (nSPS) is 24.8. The molecule has 12 heavy (non-hydrogen) atoms. The zero-order valence-corrected chi connectivity index (χ0v) is 8.26. The summed E-state index contributed by atoms with van der Waals surface area (Å²) in [7, 11) is 0. The number of rotatable bonds is 2. The summed E-state index contributed by atoms with van der Waals surface area (Å²) in [6.07, 6.45) is 4.44. The summed E-state index contributed by atoms with van der Waals surface area (Å²) < 4.78 is 0. The molecule has 1 rings (SSSR count). The van der Waals surface area contributed by atoms with Gasteiger partial charge in [-0.1, -0.05) is 19.4 Å². The Hall–Kier alpha value is -0.590. The van der Waals surface area contributed by atoms with E-state index in [0.29, 0.717) is 5.92 Å². The Morgan fingerprint density at radius 2 is 2.17 bits per heavy atom. The van der Waals surface area contributed by atoms with Gasteiger partial charge in [-0.3, -0.25) is 4.79 Å². The quantitative estimate of drug-likeness (QED) is 0.576. The summed E-state index contributed by atoms with van der Waals surface area (Å²) in [5.41, 5.74) is 2.36. The largest absolute Gasteiger partial charge is 0.298 e. The fourth-order valence-corrected chi connectivity index (χ4v) is 1.84. The maximum Gasteiger partial charge on any atom is 0.145 e. The van der Waals surface area contributed by atoms with E-state index >= 15 is 0 Å². The van der Waals surface area contributed by atoms with Gasteiger partial charge in [-0.2, -0.15) is 0 Å². The molecule has 0 aromatic carbocycles. The Kier molecular flexibility index (Phi) is 3.07. The highest BCUT2D eigenvalue weighted by molar-refractivity contribution is 5.74. The molecular weight excluding hydrogens is 148 g/mol. The smallest absolute Gasteiger partial charge is 0.145 e. The molecule has 0 aromatic heterocycles. The molecule has 0 saturated heterocycles. The molecule has 0 unspecified atom stereocenters. The molecule has 1 aliphatic rings. The van der Waals surface area contributed by atoms with Crippen LogP contribution < -0.4 is 0 Å². The Bertz CT molecular complexity index is 201.